The molecule has 6 nitrogen and oxygen atoms in total. The summed E-state index contributed by atoms with van der Waals surface area (Å²) in [5.41, 5.74) is 2.31. The van der Waals surface area contributed by atoms with Gasteiger partial charge in [-0.2, -0.15) is 0 Å². The lowest BCUT2D eigenvalue weighted by Gasteiger charge is -2.12. The second-order valence-corrected chi connectivity index (χ2v) is 5.93. The van der Waals surface area contributed by atoms with Crippen molar-refractivity contribution in [3.63, 3.8) is 0 Å². The average molecular weight is 365 g/mol. The summed E-state index contributed by atoms with van der Waals surface area (Å²) in [5.74, 6) is 5.56. The standard InChI is InChI=1S/C21H23N3O3/c1-3-12-25-18-7-4-16(5-8-18)10-11-23-21(22-2)24-14-17-6-9-19-20(13-17)27-15-26-19/h1,4-9,13H,10-12,14-15H2,2H3,(H2,22,23,24). The third kappa shape index (κ3) is 5.32. The minimum absolute atomic E-state index is 0.284. The number of ether oxygens (including phenoxy) is 3. The number of nitrogens with zero attached hydrogens (tertiary/aromatic N) is 1. The van der Waals surface area contributed by atoms with Gasteiger partial charge in [0.2, 0.25) is 6.79 Å². The molecule has 2 N–H and O–H groups in total. The Balaban J connectivity index is 1.42. The van der Waals surface area contributed by atoms with Crippen molar-refractivity contribution in [3.8, 4) is 29.6 Å². The number of aliphatic imine (C=N–C) groups is 1. The fourth-order valence-electron chi connectivity index (χ4n) is 2.66. The van der Waals surface area contributed by atoms with Gasteiger partial charge in [0.05, 0.1) is 0 Å². The Bertz CT molecular complexity index is 826. The van der Waals surface area contributed by atoms with E-state index in [4.69, 9.17) is 20.6 Å². The lowest BCUT2D eigenvalue weighted by Crippen LogP contribution is -2.37. The number of nitrogens with one attached hydrogen (secondary N) is 2. The summed E-state index contributed by atoms with van der Waals surface area (Å²) in [6.07, 6.45) is 6.06. The Labute approximate surface area is 159 Å². The minimum atomic E-state index is 0.284. The van der Waals surface area contributed by atoms with Gasteiger partial charge < -0.3 is 24.8 Å². The van der Waals surface area contributed by atoms with Gasteiger partial charge in [0.15, 0.2) is 17.5 Å². The molecule has 0 saturated heterocycles. The number of terminal acetylenes is 1. The molecule has 0 bridgehead atoms. The molecule has 3 rings (SSSR count). The first-order valence-electron chi connectivity index (χ1n) is 8.77. The number of fused-ring (bicyclic) bond motifs is 1. The van der Waals surface area contributed by atoms with E-state index in [0.717, 1.165) is 41.7 Å². The molecule has 2 aromatic rings. The molecule has 2 aromatic carbocycles. The van der Waals surface area contributed by atoms with Crippen molar-refractivity contribution in [2.24, 2.45) is 4.99 Å². The van der Waals surface area contributed by atoms with Crippen molar-refractivity contribution in [2.45, 2.75) is 13.0 Å². The molecule has 0 spiro atoms. The number of rotatable bonds is 7. The highest BCUT2D eigenvalue weighted by atomic mass is 16.7. The van der Waals surface area contributed by atoms with Gasteiger partial charge in [-0.15, -0.1) is 6.42 Å². The largest absolute Gasteiger partial charge is 0.481 e. The van der Waals surface area contributed by atoms with Crippen molar-refractivity contribution in [1.82, 2.24) is 10.6 Å². The maximum absolute atomic E-state index is 5.40. The maximum Gasteiger partial charge on any atom is 0.231 e. The quantitative estimate of drug-likeness (QED) is 0.448. The van der Waals surface area contributed by atoms with Gasteiger partial charge in [-0.1, -0.05) is 24.1 Å². The fourth-order valence-corrected chi connectivity index (χ4v) is 2.66. The molecule has 0 radical (unpaired) electrons. The second-order valence-electron chi connectivity index (χ2n) is 5.93. The molecule has 0 unspecified atom stereocenters. The molecule has 0 saturated carbocycles. The van der Waals surface area contributed by atoms with Crippen LogP contribution in [0.1, 0.15) is 11.1 Å². The summed E-state index contributed by atoms with van der Waals surface area (Å²) in [7, 11) is 1.76. The van der Waals surface area contributed by atoms with Crippen molar-refractivity contribution in [1.29, 1.82) is 0 Å². The average Bonchev–Trinajstić information content (AvgIpc) is 3.17. The van der Waals surface area contributed by atoms with Gasteiger partial charge in [-0.25, -0.2) is 0 Å². The Morgan fingerprint density at radius 3 is 2.67 bits per heavy atom. The van der Waals surface area contributed by atoms with E-state index in [1.807, 2.05) is 42.5 Å². The van der Waals surface area contributed by atoms with E-state index < -0.39 is 0 Å². The van der Waals surface area contributed by atoms with Crippen LogP contribution in [-0.4, -0.2) is 33.0 Å². The summed E-state index contributed by atoms with van der Waals surface area (Å²) < 4.78 is 16.1. The van der Waals surface area contributed by atoms with Crippen LogP contribution in [0.2, 0.25) is 0 Å². The Morgan fingerprint density at radius 2 is 1.89 bits per heavy atom. The predicted molar refractivity (Wildman–Crippen MR) is 105 cm³/mol. The van der Waals surface area contributed by atoms with Gasteiger partial charge >= 0.3 is 0 Å². The highest BCUT2D eigenvalue weighted by Gasteiger charge is 2.13. The van der Waals surface area contributed by atoms with E-state index in [1.165, 1.54) is 5.56 Å². The minimum Gasteiger partial charge on any atom is -0.481 e. The number of hydrogen-bond donors (Lipinski definition) is 2. The number of benzene rings is 2. The van der Waals surface area contributed by atoms with Crippen LogP contribution in [0.15, 0.2) is 47.5 Å². The lowest BCUT2D eigenvalue weighted by atomic mass is 10.1. The molecule has 0 atom stereocenters. The number of hydrogen-bond acceptors (Lipinski definition) is 4. The van der Waals surface area contributed by atoms with Gasteiger partial charge in [0.25, 0.3) is 0 Å². The van der Waals surface area contributed by atoms with Crippen LogP contribution in [0.5, 0.6) is 17.2 Å². The second kappa shape index (κ2) is 9.39. The monoisotopic (exact) mass is 365 g/mol. The van der Waals surface area contributed by atoms with Crippen LogP contribution in [0.3, 0.4) is 0 Å². The molecule has 0 fully saturated rings. The van der Waals surface area contributed by atoms with Crippen LogP contribution >= 0.6 is 0 Å². The first-order valence-corrected chi connectivity index (χ1v) is 8.77. The van der Waals surface area contributed by atoms with Crippen LogP contribution in [0.25, 0.3) is 0 Å². The van der Waals surface area contributed by atoms with E-state index in [1.54, 1.807) is 7.05 Å². The molecule has 0 aliphatic carbocycles. The van der Waals surface area contributed by atoms with E-state index >= 15 is 0 Å². The zero-order chi connectivity index (χ0) is 18.9. The molecule has 1 aliphatic heterocycles. The molecule has 1 aliphatic rings. The molecule has 1 heterocycles. The smallest absolute Gasteiger partial charge is 0.231 e. The topological polar surface area (TPSA) is 64.1 Å². The van der Waals surface area contributed by atoms with Crippen LogP contribution in [0.4, 0.5) is 0 Å². The summed E-state index contributed by atoms with van der Waals surface area (Å²) in [4.78, 5) is 4.25. The predicted octanol–water partition coefficient (Wildman–Crippen LogP) is 2.33. The fraction of sp³-hybridized carbons (Fsp3) is 0.286. The molecule has 0 amide bonds. The maximum atomic E-state index is 5.40. The molecular weight excluding hydrogens is 342 g/mol. The first-order chi connectivity index (χ1) is 13.3. The van der Waals surface area contributed by atoms with E-state index in [2.05, 4.69) is 21.5 Å². The summed E-state index contributed by atoms with van der Waals surface area (Å²) in [6.45, 7) is 1.99. The zero-order valence-electron chi connectivity index (χ0n) is 15.3. The van der Waals surface area contributed by atoms with Crippen molar-refractivity contribution in [3.05, 3.63) is 53.6 Å². The summed E-state index contributed by atoms with van der Waals surface area (Å²) >= 11 is 0. The van der Waals surface area contributed by atoms with Gasteiger partial charge in [0.1, 0.15) is 12.4 Å². The van der Waals surface area contributed by atoms with Crippen molar-refractivity contribution >= 4 is 5.96 Å². The van der Waals surface area contributed by atoms with E-state index in [9.17, 15) is 0 Å². The SMILES string of the molecule is C#CCOc1ccc(CCNC(=NC)NCc2ccc3c(c2)OCO3)cc1. The van der Waals surface area contributed by atoms with E-state index in [0.29, 0.717) is 6.54 Å². The Hall–Kier alpha value is -3.33. The molecule has 140 valence electrons. The van der Waals surface area contributed by atoms with Crippen LogP contribution < -0.4 is 24.8 Å². The Kier molecular flexibility index (Phi) is 6.42. The summed E-state index contributed by atoms with van der Waals surface area (Å²) in [6, 6.07) is 13.8. The highest BCUT2D eigenvalue weighted by Crippen LogP contribution is 2.32. The van der Waals surface area contributed by atoms with Crippen molar-refractivity contribution in [2.75, 3.05) is 27.0 Å². The summed E-state index contributed by atoms with van der Waals surface area (Å²) in [5, 5.41) is 6.61. The lowest BCUT2D eigenvalue weighted by molar-refractivity contribution is 0.174. The van der Waals surface area contributed by atoms with Crippen LogP contribution in [0, 0.1) is 12.3 Å². The third-order valence-corrected chi connectivity index (χ3v) is 4.07. The van der Waals surface area contributed by atoms with Crippen LogP contribution in [-0.2, 0) is 13.0 Å². The Morgan fingerprint density at radius 1 is 1.11 bits per heavy atom. The highest BCUT2D eigenvalue weighted by molar-refractivity contribution is 5.79. The van der Waals surface area contributed by atoms with Gasteiger partial charge in [-0.3, -0.25) is 4.99 Å². The number of guanidine groups is 1. The van der Waals surface area contributed by atoms with E-state index in [-0.39, 0.29) is 13.4 Å². The molecule has 0 aromatic heterocycles. The molecule has 6 heteroatoms. The normalized spacial score (nSPS) is 12.4. The van der Waals surface area contributed by atoms with Gasteiger partial charge in [-0.05, 0) is 41.8 Å². The van der Waals surface area contributed by atoms with Gasteiger partial charge in [0, 0.05) is 20.1 Å². The first kappa shape index (κ1) is 18.5. The van der Waals surface area contributed by atoms with Crippen molar-refractivity contribution < 1.29 is 14.2 Å². The third-order valence-electron chi connectivity index (χ3n) is 4.07. The molecule has 27 heavy (non-hydrogen) atoms. The molecular formula is C21H23N3O3. The zero-order valence-corrected chi connectivity index (χ0v) is 15.3.